The summed E-state index contributed by atoms with van der Waals surface area (Å²) in [6, 6.07) is 1.92. The van der Waals surface area contributed by atoms with Crippen LogP contribution in [0.2, 0.25) is 0 Å². The van der Waals surface area contributed by atoms with Gasteiger partial charge in [-0.2, -0.15) is 0 Å². The van der Waals surface area contributed by atoms with Gasteiger partial charge in [-0.15, -0.1) is 0 Å². The van der Waals surface area contributed by atoms with Crippen LogP contribution in [0.4, 0.5) is 5.69 Å². The van der Waals surface area contributed by atoms with Crippen LogP contribution >= 0.6 is 0 Å². The molecule has 2 nitrogen and oxygen atoms in total. The molecule has 2 N–H and O–H groups in total. The van der Waals surface area contributed by atoms with E-state index in [0.717, 1.165) is 11.3 Å². The van der Waals surface area contributed by atoms with E-state index in [9.17, 15) is 0 Å². The number of aromatic nitrogens is 1. The Hall–Kier alpha value is -1.83. The molecule has 0 spiro atoms. The van der Waals surface area contributed by atoms with E-state index in [2.05, 4.69) is 4.98 Å². The fourth-order valence-corrected chi connectivity index (χ4v) is 1.22. The summed E-state index contributed by atoms with van der Waals surface area (Å²) in [4.78, 5) is 4.22. The Bertz CT molecular complexity index is 401. The van der Waals surface area contributed by atoms with E-state index < -0.39 is 0 Å². The van der Waals surface area contributed by atoms with Crippen molar-refractivity contribution in [3.8, 4) is 0 Å². The topological polar surface area (TPSA) is 38.9 Å². The highest BCUT2D eigenvalue weighted by Gasteiger charge is 1.98. The lowest BCUT2D eigenvalue weighted by Crippen LogP contribution is -1.92. The van der Waals surface area contributed by atoms with E-state index in [-0.39, 0.29) is 0 Å². The zero-order valence-corrected chi connectivity index (χ0v) is 7.14. The lowest BCUT2D eigenvalue weighted by Gasteiger charge is -2.02. The maximum absolute atomic E-state index is 5.63. The van der Waals surface area contributed by atoms with E-state index in [1.807, 2.05) is 42.5 Å². The van der Waals surface area contributed by atoms with Crippen molar-refractivity contribution in [2.24, 2.45) is 0 Å². The third-order valence-corrected chi connectivity index (χ3v) is 1.83. The standard InChI is InChI=1S/C11H10N2/c12-10-7-9-5-3-1-2-4-6-11(9)13-8-10/h1-8H,12H2/b2-1-,3-1?,4-2?,5-3-,6-4?,9-5?,11-6?. The first-order valence-electron chi connectivity index (χ1n) is 4.13. The molecule has 0 radical (unpaired) electrons. The fourth-order valence-electron chi connectivity index (χ4n) is 1.22. The number of rotatable bonds is 0. The molecule has 2 rings (SSSR count). The first-order chi connectivity index (χ1) is 6.36. The van der Waals surface area contributed by atoms with Crippen molar-refractivity contribution in [2.75, 3.05) is 5.73 Å². The minimum atomic E-state index is 0.696. The van der Waals surface area contributed by atoms with Crippen molar-refractivity contribution in [3.63, 3.8) is 0 Å². The summed E-state index contributed by atoms with van der Waals surface area (Å²) in [6.07, 6.45) is 13.5. The molecule has 0 bridgehead atoms. The van der Waals surface area contributed by atoms with Gasteiger partial charge >= 0.3 is 0 Å². The average molecular weight is 170 g/mol. The van der Waals surface area contributed by atoms with Crippen LogP contribution in [0.25, 0.3) is 12.2 Å². The zero-order valence-electron chi connectivity index (χ0n) is 7.14. The Labute approximate surface area is 77.1 Å². The van der Waals surface area contributed by atoms with Crippen molar-refractivity contribution in [1.29, 1.82) is 0 Å². The second-order valence-corrected chi connectivity index (χ2v) is 2.85. The van der Waals surface area contributed by atoms with Crippen LogP contribution in [-0.2, 0) is 0 Å². The number of nitrogens with zero attached hydrogens (tertiary/aromatic N) is 1. The highest BCUT2D eigenvalue weighted by Crippen LogP contribution is 2.15. The number of pyridine rings is 1. The van der Waals surface area contributed by atoms with Crippen molar-refractivity contribution >= 4 is 17.8 Å². The number of fused-ring (bicyclic) bond motifs is 1. The van der Waals surface area contributed by atoms with Crippen molar-refractivity contribution < 1.29 is 0 Å². The number of anilines is 1. The van der Waals surface area contributed by atoms with E-state index >= 15 is 0 Å². The predicted molar refractivity (Wildman–Crippen MR) is 55.9 cm³/mol. The third kappa shape index (κ3) is 1.67. The monoisotopic (exact) mass is 170 g/mol. The Morgan fingerprint density at radius 2 is 1.77 bits per heavy atom. The van der Waals surface area contributed by atoms with Crippen LogP contribution < -0.4 is 5.73 Å². The van der Waals surface area contributed by atoms with Crippen LogP contribution in [-0.4, -0.2) is 4.98 Å². The largest absolute Gasteiger partial charge is 0.397 e. The van der Waals surface area contributed by atoms with Gasteiger partial charge in [-0.25, -0.2) is 0 Å². The quantitative estimate of drug-likeness (QED) is 0.648. The third-order valence-electron chi connectivity index (χ3n) is 1.83. The molecule has 1 aromatic heterocycles. The minimum absolute atomic E-state index is 0.696. The summed E-state index contributed by atoms with van der Waals surface area (Å²) < 4.78 is 0. The van der Waals surface area contributed by atoms with E-state index in [1.165, 1.54) is 0 Å². The lowest BCUT2D eigenvalue weighted by molar-refractivity contribution is 1.28. The average Bonchev–Trinajstić information content (AvgIpc) is 2.08. The highest BCUT2D eigenvalue weighted by molar-refractivity contribution is 5.67. The number of nitrogens with two attached hydrogens (primary N) is 1. The first kappa shape index (κ1) is 7.80. The Morgan fingerprint density at radius 3 is 2.62 bits per heavy atom. The summed E-state index contributed by atoms with van der Waals surface area (Å²) in [5.41, 5.74) is 8.34. The first-order valence-corrected chi connectivity index (χ1v) is 4.13. The van der Waals surface area contributed by atoms with Gasteiger partial charge < -0.3 is 5.73 Å². The molecule has 0 unspecified atom stereocenters. The van der Waals surface area contributed by atoms with Gasteiger partial charge in [0.25, 0.3) is 0 Å². The van der Waals surface area contributed by atoms with Crippen LogP contribution in [0.15, 0.2) is 36.6 Å². The summed E-state index contributed by atoms with van der Waals surface area (Å²) in [5.74, 6) is 0. The molecule has 0 fully saturated rings. The number of nitrogen functional groups attached to an aromatic ring is 1. The molecule has 13 heavy (non-hydrogen) atoms. The molecule has 0 saturated carbocycles. The summed E-state index contributed by atoms with van der Waals surface area (Å²) in [5, 5.41) is 0. The van der Waals surface area contributed by atoms with Gasteiger partial charge in [-0.05, 0) is 12.1 Å². The van der Waals surface area contributed by atoms with Crippen molar-refractivity contribution in [3.05, 3.63) is 47.8 Å². The van der Waals surface area contributed by atoms with Gasteiger partial charge in [0.15, 0.2) is 0 Å². The normalized spacial score (nSPS) is 18.5. The Balaban J connectivity index is 2.56. The Kier molecular flexibility index (Phi) is 1.96. The van der Waals surface area contributed by atoms with E-state index in [1.54, 1.807) is 6.20 Å². The van der Waals surface area contributed by atoms with Crippen LogP contribution in [0.5, 0.6) is 0 Å². The molecule has 0 amide bonds. The second-order valence-electron chi connectivity index (χ2n) is 2.85. The molecule has 1 aromatic rings. The van der Waals surface area contributed by atoms with E-state index in [0.29, 0.717) is 5.69 Å². The zero-order chi connectivity index (χ0) is 9.10. The molecular weight excluding hydrogens is 160 g/mol. The second kappa shape index (κ2) is 3.27. The molecule has 0 aliphatic heterocycles. The van der Waals surface area contributed by atoms with Crippen LogP contribution in [0.3, 0.4) is 0 Å². The molecule has 64 valence electrons. The molecule has 0 aromatic carbocycles. The van der Waals surface area contributed by atoms with Gasteiger partial charge in [0.05, 0.1) is 17.6 Å². The number of hydrogen-bond donors (Lipinski definition) is 1. The lowest BCUT2D eigenvalue weighted by atomic mass is 10.1. The fraction of sp³-hybridized carbons (Fsp3) is 0. The SMILES string of the molecule is Nc1cnc2c(c1)/C=C\C=C/C=C2. The smallest absolute Gasteiger partial charge is 0.0703 e. The summed E-state index contributed by atoms with van der Waals surface area (Å²) >= 11 is 0. The molecular formula is C11H10N2. The van der Waals surface area contributed by atoms with Crippen molar-refractivity contribution in [2.45, 2.75) is 0 Å². The predicted octanol–water partition coefficient (Wildman–Crippen LogP) is 2.26. The van der Waals surface area contributed by atoms with Gasteiger partial charge in [-0.3, -0.25) is 4.98 Å². The van der Waals surface area contributed by atoms with Gasteiger partial charge in [-0.1, -0.05) is 30.4 Å². The van der Waals surface area contributed by atoms with Crippen molar-refractivity contribution in [1.82, 2.24) is 4.98 Å². The van der Waals surface area contributed by atoms with Crippen LogP contribution in [0, 0.1) is 0 Å². The number of allylic oxidation sites excluding steroid dienone is 4. The summed E-state index contributed by atoms with van der Waals surface area (Å²) in [7, 11) is 0. The maximum atomic E-state index is 5.63. The molecule has 0 atom stereocenters. The molecule has 1 aliphatic rings. The van der Waals surface area contributed by atoms with E-state index in [4.69, 9.17) is 5.73 Å². The van der Waals surface area contributed by atoms with Crippen LogP contribution in [0.1, 0.15) is 11.3 Å². The van der Waals surface area contributed by atoms with Gasteiger partial charge in [0, 0.05) is 5.56 Å². The minimum Gasteiger partial charge on any atom is -0.397 e. The summed E-state index contributed by atoms with van der Waals surface area (Å²) in [6.45, 7) is 0. The highest BCUT2D eigenvalue weighted by atomic mass is 14.7. The molecule has 1 heterocycles. The maximum Gasteiger partial charge on any atom is 0.0703 e. The Morgan fingerprint density at radius 1 is 1.00 bits per heavy atom. The van der Waals surface area contributed by atoms with Gasteiger partial charge in [0.2, 0.25) is 0 Å². The molecule has 0 saturated heterocycles. The number of hydrogen-bond acceptors (Lipinski definition) is 2. The molecule has 2 heteroatoms. The molecule has 1 aliphatic carbocycles. The van der Waals surface area contributed by atoms with Gasteiger partial charge in [0.1, 0.15) is 0 Å².